The predicted molar refractivity (Wildman–Crippen MR) is 70.4 cm³/mol. The van der Waals surface area contributed by atoms with E-state index in [-0.39, 0.29) is 5.69 Å². The molecule has 0 radical (unpaired) electrons. The summed E-state index contributed by atoms with van der Waals surface area (Å²) in [6.07, 6.45) is 0. The van der Waals surface area contributed by atoms with Crippen LogP contribution in [0, 0.1) is 17.5 Å². The van der Waals surface area contributed by atoms with Crippen molar-refractivity contribution in [1.29, 1.82) is 0 Å². The van der Waals surface area contributed by atoms with Crippen molar-refractivity contribution in [3.05, 3.63) is 59.5 Å². The fourth-order valence-electron chi connectivity index (χ4n) is 1.97. The molecule has 2 N–H and O–H groups in total. The third-order valence-electron chi connectivity index (χ3n) is 2.93. The van der Waals surface area contributed by atoms with Crippen molar-refractivity contribution in [2.45, 2.75) is 0 Å². The molecule has 1 amide bonds. The number of amides is 1. The van der Waals surface area contributed by atoms with Gasteiger partial charge in [0.25, 0.3) is 5.91 Å². The summed E-state index contributed by atoms with van der Waals surface area (Å²) in [7, 11) is 0. The molecule has 4 nitrogen and oxygen atoms in total. The van der Waals surface area contributed by atoms with Crippen LogP contribution in [0.1, 0.15) is 10.5 Å². The summed E-state index contributed by atoms with van der Waals surface area (Å²) in [5.41, 5.74) is -0.107. The molecule has 0 atom stereocenters. The number of benzene rings is 2. The van der Waals surface area contributed by atoms with E-state index in [2.05, 4.69) is 15.5 Å². The second kappa shape index (κ2) is 4.93. The van der Waals surface area contributed by atoms with Crippen molar-refractivity contribution in [1.82, 2.24) is 10.2 Å². The molecule has 3 rings (SSSR count). The van der Waals surface area contributed by atoms with Crippen LogP contribution in [-0.2, 0) is 0 Å². The number of carbonyl (C=O) groups is 1. The molecule has 0 aliphatic rings. The lowest BCUT2D eigenvalue weighted by Crippen LogP contribution is -2.15. The molecule has 0 spiro atoms. The van der Waals surface area contributed by atoms with E-state index in [0.717, 1.165) is 0 Å². The zero-order valence-corrected chi connectivity index (χ0v) is 10.5. The molecule has 0 fully saturated rings. The highest BCUT2D eigenvalue weighted by Gasteiger charge is 2.18. The average Bonchev–Trinajstić information content (AvgIpc) is 2.86. The maximum absolute atomic E-state index is 13.5. The minimum Gasteiger partial charge on any atom is -0.316 e. The Balaban J connectivity index is 1.97. The topological polar surface area (TPSA) is 57.8 Å². The van der Waals surface area contributed by atoms with Gasteiger partial charge in [-0.25, -0.2) is 13.2 Å². The van der Waals surface area contributed by atoms with Crippen LogP contribution < -0.4 is 5.32 Å². The van der Waals surface area contributed by atoms with Gasteiger partial charge in [0.05, 0.1) is 5.52 Å². The first-order valence-electron chi connectivity index (χ1n) is 5.95. The molecule has 0 unspecified atom stereocenters. The van der Waals surface area contributed by atoms with Crippen LogP contribution in [0.5, 0.6) is 0 Å². The minimum atomic E-state index is -1.19. The smallest absolute Gasteiger partial charge is 0.276 e. The molecule has 106 valence electrons. The maximum Gasteiger partial charge on any atom is 0.276 e. The number of para-hydroxylation sites is 1. The first kappa shape index (κ1) is 13.2. The number of fused-ring (bicyclic) bond motifs is 1. The van der Waals surface area contributed by atoms with Crippen molar-refractivity contribution >= 4 is 22.5 Å². The molecule has 0 aliphatic carbocycles. The van der Waals surface area contributed by atoms with E-state index in [1.54, 1.807) is 24.3 Å². The van der Waals surface area contributed by atoms with Crippen LogP contribution in [0.3, 0.4) is 0 Å². The van der Waals surface area contributed by atoms with Gasteiger partial charge in [0, 0.05) is 17.5 Å². The fraction of sp³-hybridized carbons (Fsp3) is 0. The molecular formula is C14H8F3N3O. The van der Waals surface area contributed by atoms with Crippen LogP contribution >= 0.6 is 0 Å². The van der Waals surface area contributed by atoms with Crippen LogP contribution in [0.2, 0.25) is 0 Å². The number of halogens is 3. The quantitative estimate of drug-likeness (QED) is 0.761. The monoisotopic (exact) mass is 291 g/mol. The van der Waals surface area contributed by atoms with E-state index in [4.69, 9.17) is 0 Å². The molecule has 0 saturated heterocycles. The Kier molecular flexibility index (Phi) is 3.09. The summed E-state index contributed by atoms with van der Waals surface area (Å²) >= 11 is 0. The number of aromatic amines is 1. The number of nitrogens with one attached hydrogen (secondary N) is 2. The highest BCUT2D eigenvalue weighted by molar-refractivity contribution is 6.11. The summed E-state index contributed by atoms with van der Waals surface area (Å²) in [6.45, 7) is 0. The molecule has 0 bridgehead atoms. The van der Waals surface area contributed by atoms with E-state index < -0.39 is 29.0 Å². The second-order valence-electron chi connectivity index (χ2n) is 4.32. The third-order valence-corrected chi connectivity index (χ3v) is 2.93. The number of carbonyl (C=O) groups excluding carboxylic acids is 1. The van der Waals surface area contributed by atoms with Gasteiger partial charge >= 0.3 is 0 Å². The molecule has 0 aliphatic heterocycles. The highest BCUT2D eigenvalue weighted by Crippen LogP contribution is 2.22. The van der Waals surface area contributed by atoms with Gasteiger partial charge < -0.3 is 5.32 Å². The van der Waals surface area contributed by atoms with Crippen molar-refractivity contribution < 1.29 is 18.0 Å². The summed E-state index contributed by atoms with van der Waals surface area (Å²) in [5.74, 6) is -4.24. The largest absolute Gasteiger partial charge is 0.316 e. The number of hydrogen-bond acceptors (Lipinski definition) is 2. The molecular weight excluding hydrogens is 283 g/mol. The summed E-state index contributed by atoms with van der Waals surface area (Å²) in [5, 5.41) is 9.02. The van der Waals surface area contributed by atoms with E-state index in [1.807, 2.05) is 0 Å². The first-order valence-corrected chi connectivity index (χ1v) is 5.95. The number of H-pyrrole nitrogens is 1. The summed E-state index contributed by atoms with van der Waals surface area (Å²) < 4.78 is 39.8. The van der Waals surface area contributed by atoms with Crippen molar-refractivity contribution in [3.63, 3.8) is 0 Å². The lowest BCUT2D eigenvalue weighted by Gasteiger charge is -2.06. The summed E-state index contributed by atoms with van der Waals surface area (Å²) in [6, 6.07) is 7.78. The van der Waals surface area contributed by atoms with Gasteiger partial charge in [-0.3, -0.25) is 9.89 Å². The maximum atomic E-state index is 13.5. The summed E-state index contributed by atoms with van der Waals surface area (Å²) in [4.78, 5) is 12.1. The number of aromatic nitrogens is 2. The van der Waals surface area contributed by atoms with Gasteiger partial charge in [-0.2, -0.15) is 5.10 Å². The van der Waals surface area contributed by atoms with E-state index in [9.17, 15) is 18.0 Å². The van der Waals surface area contributed by atoms with Gasteiger partial charge in [-0.15, -0.1) is 0 Å². The number of nitrogens with zero attached hydrogens (tertiary/aromatic N) is 1. The van der Waals surface area contributed by atoms with Crippen LogP contribution in [-0.4, -0.2) is 16.1 Å². The van der Waals surface area contributed by atoms with Crippen molar-refractivity contribution in [2.24, 2.45) is 0 Å². The van der Waals surface area contributed by atoms with E-state index in [1.165, 1.54) is 0 Å². The molecule has 21 heavy (non-hydrogen) atoms. The van der Waals surface area contributed by atoms with Crippen molar-refractivity contribution in [2.75, 3.05) is 5.32 Å². The molecule has 3 aromatic rings. The van der Waals surface area contributed by atoms with Crippen LogP contribution in [0.25, 0.3) is 10.9 Å². The van der Waals surface area contributed by atoms with Gasteiger partial charge in [0.15, 0.2) is 17.3 Å². The van der Waals surface area contributed by atoms with Crippen LogP contribution in [0.15, 0.2) is 36.4 Å². The zero-order chi connectivity index (χ0) is 15.0. The molecule has 1 heterocycles. The second-order valence-corrected chi connectivity index (χ2v) is 4.32. The van der Waals surface area contributed by atoms with E-state index in [0.29, 0.717) is 23.0 Å². The number of rotatable bonds is 2. The van der Waals surface area contributed by atoms with Crippen molar-refractivity contribution in [3.8, 4) is 0 Å². The standard InChI is InChI=1S/C14H8F3N3O/c15-7-5-9(16)13(10(17)6-7)18-14(21)12-8-3-1-2-4-11(8)19-20-12/h1-6H,(H,18,21)(H,19,20). The SMILES string of the molecule is O=C(Nc1c(F)cc(F)cc1F)c1n[nH]c2ccccc12. The Morgan fingerprint density at radius 2 is 1.76 bits per heavy atom. The fourth-order valence-corrected chi connectivity index (χ4v) is 1.97. The Morgan fingerprint density at radius 3 is 2.48 bits per heavy atom. The first-order chi connectivity index (χ1) is 10.1. The van der Waals surface area contributed by atoms with Gasteiger partial charge in [0.1, 0.15) is 11.5 Å². The Hall–Kier alpha value is -2.83. The Labute approximate surface area is 116 Å². The van der Waals surface area contributed by atoms with Gasteiger partial charge in [-0.05, 0) is 6.07 Å². The number of hydrogen-bond donors (Lipinski definition) is 2. The van der Waals surface area contributed by atoms with Gasteiger partial charge in [0.2, 0.25) is 0 Å². The molecule has 0 saturated carbocycles. The Morgan fingerprint density at radius 1 is 1.10 bits per heavy atom. The van der Waals surface area contributed by atoms with Crippen LogP contribution in [0.4, 0.5) is 18.9 Å². The zero-order valence-electron chi connectivity index (χ0n) is 10.5. The Bertz CT molecular complexity index is 821. The van der Waals surface area contributed by atoms with E-state index >= 15 is 0 Å². The lowest BCUT2D eigenvalue weighted by molar-refractivity contribution is 0.102. The predicted octanol–water partition coefficient (Wildman–Crippen LogP) is 3.23. The molecule has 7 heteroatoms. The van der Waals surface area contributed by atoms with Gasteiger partial charge in [-0.1, -0.05) is 18.2 Å². The number of anilines is 1. The lowest BCUT2D eigenvalue weighted by atomic mass is 10.2. The highest BCUT2D eigenvalue weighted by atomic mass is 19.1. The molecule has 1 aromatic heterocycles. The molecule has 2 aromatic carbocycles. The normalized spacial score (nSPS) is 10.8. The third kappa shape index (κ3) is 2.33. The minimum absolute atomic E-state index is 0.00581. The average molecular weight is 291 g/mol.